The summed E-state index contributed by atoms with van der Waals surface area (Å²) in [5.41, 5.74) is 8.64. The monoisotopic (exact) mass is 593 g/mol. The minimum absolute atomic E-state index is 0.0590. The standard InChI is InChI=1S/C34H28ClN3O3S/c1-23-10-19-29(35)20-32(23)38(42(40,41)30-7-3-2-4-8-30)22-24-11-13-27(14-12-24)34(39)37-36-21-28-18-17-26-16-15-25-6-5-9-31(28)33(25)26/h2-14,17-21H,15-16,22H2,1H3,(H,37,39). The number of amides is 1. The van der Waals surface area contributed by atoms with Gasteiger partial charge in [0.25, 0.3) is 15.9 Å². The van der Waals surface area contributed by atoms with Crippen molar-refractivity contribution in [1.82, 2.24) is 5.43 Å². The normalized spacial score (nSPS) is 12.6. The van der Waals surface area contributed by atoms with E-state index in [0.717, 1.165) is 29.4 Å². The van der Waals surface area contributed by atoms with Crippen LogP contribution >= 0.6 is 11.6 Å². The van der Waals surface area contributed by atoms with Crippen LogP contribution in [0.15, 0.2) is 113 Å². The second kappa shape index (κ2) is 11.4. The number of hydrogen-bond acceptors (Lipinski definition) is 4. The van der Waals surface area contributed by atoms with Crippen molar-refractivity contribution in [1.29, 1.82) is 0 Å². The molecule has 0 saturated carbocycles. The quantitative estimate of drug-likeness (QED) is 0.154. The Morgan fingerprint density at radius 2 is 1.64 bits per heavy atom. The molecule has 6 nitrogen and oxygen atoms in total. The Kier molecular flexibility index (Phi) is 7.54. The highest BCUT2D eigenvalue weighted by Gasteiger charge is 2.26. The first-order valence-electron chi connectivity index (χ1n) is 13.6. The van der Waals surface area contributed by atoms with Gasteiger partial charge >= 0.3 is 0 Å². The van der Waals surface area contributed by atoms with Gasteiger partial charge < -0.3 is 0 Å². The van der Waals surface area contributed by atoms with E-state index in [0.29, 0.717) is 21.8 Å². The van der Waals surface area contributed by atoms with E-state index in [-0.39, 0.29) is 17.3 Å². The summed E-state index contributed by atoms with van der Waals surface area (Å²) in [5, 5.41) is 7.08. The fourth-order valence-corrected chi connectivity index (χ4v) is 7.10. The Hall–Kier alpha value is -4.46. The predicted molar refractivity (Wildman–Crippen MR) is 169 cm³/mol. The van der Waals surface area contributed by atoms with Crippen molar-refractivity contribution in [2.45, 2.75) is 31.2 Å². The van der Waals surface area contributed by atoms with Gasteiger partial charge in [-0.15, -0.1) is 0 Å². The van der Waals surface area contributed by atoms with Crippen LogP contribution in [0, 0.1) is 6.92 Å². The van der Waals surface area contributed by atoms with E-state index in [1.807, 2.05) is 13.0 Å². The minimum Gasteiger partial charge on any atom is -0.267 e. The molecule has 5 aromatic carbocycles. The largest absolute Gasteiger partial charge is 0.271 e. The van der Waals surface area contributed by atoms with E-state index < -0.39 is 10.0 Å². The molecule has 0 spiro atoms. The Balaban J connectivity index is 1.21. The van der Waals surface area contributed by atoms with Gasteiger partial charge in [0.2, 0.25) is 0 Å². The third-order valence-corrected chi connectivity index (χ3v) is 9.60. The highest BCUT2D eigenvalue weighted by atomic mass is 35.5. The Morgan fingerprint density at radius 1 is 0.905 bits per heavy atom. The molecule has 1 amide bonds. The summed E-state index contributed by atoms with van der Waals surface area (Å²) in [6.07, 6.45) is 3.77. The van der Waals surface area contributed by atoms with Gasteiger partial charge in [-0.05, 0) is 89.2 Å². The Bertz CT molecular complexity index is 1930. The van der Waals surface area contributed by atoms with Gasteiger partial charge in [0.15, 0.2) is 0 Å². The number of hydrogen-bond donors (Lipinski definition) is 1. The van der Waals surface area contributed by atoms with Crippen molar-refractivity contribution in [3.63, 3.8) is 0 Å². The third kappa shape index (κ3) is 5.41. The van der Waals surface area contributed by atoms with Crippen LogP contribution in [0.25, 0.3) is 10.8 Å². The summed E-state index contributed by atoms with van der Waals surface area (Å²) in [6, 6.07) is 30.8. The highest BCUT2D eigenvalue weighted by Crippen LogP contribution is 2.33. The highest BCUT2D eigenvalue weighted by molar-refractivity contribution is 7.92. The zero-order valence-electron chi connectivity index (χ0n) is 22.9. The molecule has 0 atom stereocenters. The van der Waals surface area contributed by atoms with Crippen LogP contribution in [0.3, 0.4) is 0 Å². The van der Waals surface area contributed by atoms with Crippen LogP contribution in [0.5, 0.6) is 0 Å². The van der Waals surface area contributed by atoms with E-state index in [9.17, 15) is 13.2 Å². The van der Waals surface area contributed by atoms with Gasteiger partial charge in [0, 0.05) is 16.1 Å². The average Bonchev–Trinajstić information content (AvgIpc) is 3.43. The number of nitrogens with zero attached hydrogens (tertiary/aromatic N) is 2. The van der Waals surface area contributed by atoms with Crippen LogP contribution in [0.2, 0.25) is 5.02 Å². The van der Waals surface area contributed by atoms with Crippen molar-refractivity contribution in [3.8, 4) is 0 Å². The maximum atomic E-state index is 13.7. The number of rotatable bonds is 8. The molecular weight excluding hydrogens is 566 g/mol. The number of anilines is 1. The molecule has 0 saturated heterocycles. The van der Waals surface area contributed by atoms with Crippen molar-refractivity contribution in [2.24, 2.45) is 5.10 Å². The number of aryl methyl sites for hydroxylation is 3. The molecule has 0 heterocycles. The molecule has 6 rings (SSSR count). The number of nitrogens with one attached hydrogen (secondary N) is 1. The summed E-state index contributed by atoms with van der Waals surface area (Å²) >= 11 is 6.26. The number of halogens is 1. The molecule has 0 radical (unpaired) electrons. The topological polar surface area (TPSA) is 78.8 Å². The zero-order chi connectivity index (χ0) is 29.3. The van der Waals surface area contributed by atoms with E-state index in [1.165, 1.54) is 20.8 Å². The van der Waals surface area contributed by atoms with E-state index in [4.69, 9.17) is 11.6 Å². The van der Waals surface area contributed by atoms with Crippen LogP contribution in [0.1, 0.15) is 38.2 Å². The predicted octanol–water partition coefficient (Wildman–Crippen LogP) is 7.06. The van der Waals surface area contributed by atoms with Crippen LogP contribution in [0.4, 0.5) is 5.69 Å². The summed E-state index contributed by atoms with van der Waals surface area (Å²) in [7, 11) is -3.90. The lowest BCUT2D eigenvalue weighted by Gasteiger charge is -2.26. The van der Waals surface area contributed by atoms with Gasteiger partial charge in [0.05, 0.1) is 23.3 Å². The number of sulfonamides is 1. The summed E-state index contributed by atoms with van der Waals surface area (Å²) < 4.78 is 28.8. The second-order valence-electron chi connectivity index (χ2n) is 10.3. The molecule has 8 heteroatoms. The van der Waals surface area contributed by atoms with Gasteiger partial charge in [0.1, 0.15) is 0 Å². The molecule has 210 valence electrons. The molecule has 42 heavy (non-hydrogen) atoms. The van der Waals surface area contributed by atoms with Crippen molar-refractivity contribution in [2.75, 3.05) is 4.31 Å². The fourth-order valence-electron chi connectivity index (χ4n) is 5.40. The molecule has 0 aromatic heterocycles. The molecule has 1 aliphatic rings. The molecule has 5 aromatic rings. The van der Waals surface area contributed by atoms with Crippen molar-refractivity contribution < 1.29 is 13.2 Å². The van der Waals surface area contributed by atoms with Crippen LogP contribution < -0.4 is 9.73 Å². The average molecular weight is 594 g/mol. The SMILES string of the molecule is Cc1ccc(Cl)cc1N(Cc1ccc(C(=O)NN=Cc2ccc3c4c(cccc24)CC3)cc1)S(=O)(=O)c1ccccc1. The first-order valence-corrected chi connectivity index (χ1v) is 15.4. The van der Waals surface area contributed by atoms with E-state index >= 15 is 0 Å². The van der Waals surface area contributed by atoms with Gasteiger partial charge in [-0.2, -0.15) is 5.10 Å². The molecule has 1 aliphatic carbocycles. The smallest absolute Gasteiger partial charge is 0.267 e. The van der Waals surface area contributed by atoms with Gasteiger partial charge in [-0.25, -0.2) is 13.8 Å². The van der Waals surface area contributed by atoms with Crippen molar-refractivity contribution in [3.05, 3.63) is 142 Å². The molecule has 0 aliphatic heterocycles. The first kappa shape index (κ1) is 27.7. The lowest BCUT2D eigenvalue weighted by atomic mass is 10.0. The molecular formula is C34H28ClN3O3S. The number of carbonyl (C=O) groups excluding carboxylic acids is 1. The summed E-state index contributed by atoms with van der Waals surface area (Å²) in [5.74, 6) is -0.358. The maximum absolute atomic E-state index is 13.7. The Labute approximate surface area is 250 Å². The van der Waals surface area contributed by atoms with Crippen molar-refractivity contribution >= 4 is 50.2 Å². The molecule has 1 N–H and O–H groups in total. The third-order valence-electron chi connectivity index (χ3n) is 7.59. The number of carbonyl (C=O) groups is 1. The summed E-state index contributed by atoms with van der Waals surface area (Å²) in [6.45, 7) is 1.90. The Morgan fingerprint density at radius 3 is 2.40 bits per heavy atom. The lowest BCUT2D eigenvalue weighted by Crippen LogP contribution is -2.31. The fraction of sp³-hybridized carbons (Fsp3) is 0.118. The van der Waals surface area contributed by atoms with Crippen LogP contribution in [-0.4, -0.2) is 20.5 Å². The van der Waals surface area contributed by atoms with Gasteiger partial charge in [-0.3, -0.25) is 9.10 Å². The first-order chi connectivity index (χ1) is 20.3. The number of hydrazone groups is 1. The second-order valence-corrected chi connectivity index (χ2v) is 12.6. The zero-order valence-corrected chi connectivity index (χ0v) is 24.5. The number of benzene rings is 5. The molecule has 0 fully saturated rings. The van der Waals surface area contributed by atoms with Gasteiger partial charge in [-0.1, -0.05) is 78.3 Å². The summed E-state index contributed by atoms with van der Waals surface area (Å²) in [4.78, 5) is 13.0. The molecule has 0 bridgehead atoms. The maximum Gasteiger partial charge on any atom is 0.271 e. The lowest BCUT2D eigenvalue weighted by molar-refractivity contribution is 0.0955. The van der Waals surface area contributed by atoms with E-state index in [2.05, 4.69) is 34.8 Å². The van der Waals surface area contributed by atoms with Crippen LogP contribution in [-0.2, 0) is 29.4 Å². The molecule has 0 unspecified atom stereocenters. The minimum atomic E-state index is -3.90. The van der Waals surface area contributed by atoms with E-state index in [1.54, 1.807) is 79.0 Å².